The van der Waals surface area contributed by atoms with Crippen LogP contribution in [0.5, 0.6) is 0 Å². The van der Waals surface area contributed by atoms with E-state index in [4.69, 9.17) is 28.9 Å². The van der Waals surface area contributed by atoms with Gasteiger partial charge in [-0.3, -0.25) is 9.59 Å². The molecule has 21 heavy (non-hydrogen) atoms. The van der Waals surface area contributed by atoms with Gasteiger partial charge in [-0.2, -0.15) is 0 Å². The molecular weight excluding hydrogens is 322 g/mol. The zero-order valence-electron chi connectivity index (χ0n) is 10.9. The number of hydrogen-bond donors (Lipinski definition) is 2. The van der Waals surface area contributed by atoms with E-state index in [-0.39, 0.29) is 28.6 Å². The monoisotopic (exact) mass is 334 g/mol. The number of nitrogens with two attached hydrogens (primary N) is 1. The van der Waals surface area contributed by atoms with Crippen LogP contribution in [0.3, 0.4) is 0 Å². The summed E-state index contributed by atoms with van der Waals surface area (Å²) in [6.07, 6.45) is 0.577. The van der Waals surface area contributed by atoms with Gasteiger partial charge in [0.25, 0.3) is 11.8 Å². The van der Waals surface area contributed by atoms with Crippen LogP contribution in [0.2, 0.25) is 10.0 Å². The molecule has 1 aromatic rings. The lowest BCUT2D eigenvalue weighted by molar-refractivity contribution is -0.140. The lowest BCUT2D eigenvalue weighted by Crippen LogP contribution is -2.57. The fourth-order valence-corrected chi connectivity index (χ4v) is 2.73. The van der Waals surface area contributed by atoms with Crippen molar-refractivity contribution in [2.75, 3.05) is 13.1 Å². The highest BCUT2D eigenvalue weighted by Crippen LogP contribution is 2.28. The average Bonchev–Trinajstić information content (AvgIpc) is 2.42. The summed E-state index contributed by atoms with van der Waals surface area (Å²) >= 11 is 11.5. The molecular formula is C13H13Cl2FN2O3. The first-order chi connectivity index (χ1) is 9.74. The number of rotatable bonds is 2. The van der Waals surface area contributed by atoms with Gasteiger partial charge in [0, 0.05) is 6.54 Å². The number of carbonyl (C=O) groups is 2. The number of primary amides is 1. The third-order valence-corrected chi connectivity index (χ3v) is 4.06. The zero-order chi connectivity index (χ0) is 15.8. The van der Waals surface area contributed by atoms with Crippen molar-refractivity contribution in [3.8, 4) is 0 Å². The van der Waals surface area contributed by atoms with Gasteiger partial charge in [0.05, 0.1) is 22.2 Å². The molecule has 1 saturated heterocycles. The summed E-state index contributed by atoms with van der Waals surface area (Å²) in [5, 5.41) is 9.89. The van der Waals surface area contributed by atoms with Gasteiger partial charge >= 0.3 is 0 Å². The summed E-state index contributed by atoms with van der Waals surface area (Å²) in [6.45, 7) is 0.0662. The fourth-order valence-electron chi connectivity index (χ4n) is 2.27. The van der Waals surface area contributed by atoms with Gasteiger partial charge in [0.1, 0.15) is 5.82 Å². The molecule has 1 fully saturated rings. The molecule has 3 N–H and O–H groups in total. The van der Waals surface area contributed by atoms with Crippen LogP contribution in [-0.4, -0.2) is 40.5 Å². The Morgan fingerprint density at radius 1 is 1.33 bits per heavy atom. The number of hydrogen-bond acceptors (Lipinski definition) is 3. The molecule has 0 bridgehead atoms. The third kappa shape index (κ3) is 3.12. The third-order valence-electron chi connectivity index (χ3n) is 3.46. The van der Waals surface area contributed by atoms with Crippen molar-refractivity contribution in [3.63, 3.8) is 0 Å². The fraction of sp³-hybridized carbons (Fsp3) is 0.385. The number of nitrogens with zero attached hydrogens (tertiary/aromatic N) is 1. The molecule has 1 heterocycles. The Hall–Kier alpha value is -1.37. The maximum atomic E-state index is 13.5. The number of β-amino-alcohol motifs (C(OH)–C–C–N with tert-alkyl or cyclic N) is 1. The largest absolute Gasteiger partial charge is 0.378 e. The van der Waals surface area contributed by atoms with Gasteiger partial charge in [-0.05, 0) is 25.0 Å². The molecule has 0 radical (unpaired) electrons. The molecule has 8 heteroatoms. The van der Waals surface area contributed by atoms with Crippen molar-refractivity contribution < 1.29 is 19.1 Å². The highest BCUT2D eigenvalue weighted by atomic mass is 35.5. The first kappa shape index (κ1) is 16.0. The normalized spacial score (nSPS) is 22.2. The first-order valence-corrected chi connectivity index (χ1v) is 6.96. The van der Waals surface area contributed by atoms with Gasteiger partial charge in [0.15, 0.2) is 5.60 Å². The second kappa shape index (κ2) is 5.79. The van der Waals surface area contributed by atoms with E-state index in [2.05, 4.69) is 0 Å². The Kier molecular flexibility index (Phi) is 4.41. The molecule has 0 aromatic heterocycles. The Morgan fingerprint density at radius 3 is 2.62 bits per heavy atom. The average molecular weight is 335 g/mol. The Bertz CT molecular complexity index is 611. The highest BCUT2D eigenvalue weighted by Gasteiger charge is 2.40. The molecule has 5 nitrogen and oxygen atoms in total. The van der Waals surface area contributed by atoms with Gasteiger partial charge in [-0.15, -0.1) is 0 Å². The van der Waals surface area contributed by atoms with E-state index in [1.165, 1.54) is 4.90 Å². The molecule has 1 aliphatic rings. The summed E-state index contributed by atoms with van der Waals surface area (Å²) < 4.78 is 13.5. The van der Waals surface area contributed by atoms with Crippen LogP contribution in [0.1, 0.15) is 23.2 Å². The second-order valence-corrected chi connectivity index (χ2v) is 5.79. The number of amides is 2. The molecule has 0 spiro atoms. The Balaban J connectivity index is 2.28. The highest BCUT2D eigenvalue weighted by molar-refractivity contribution is 6.36. The van der Waals surface area contributed by atoms with E-state index in [1.807, 2.05) is 0 Å². The second-order valence-electron chi connectivity index (χ2n) is 4.97. The molecule has 0 unspecified atom stereocenters. The van der Waals surface area contributed by atoms with E-state index in [1.54, 1.807) is 0 Å². The smallest absolute Gasteiger partial charge is 0.255 e. The Morgan fingerprint density at radius 2 is 2.00 bits per heavy atom. The lowest BCUT2D eigenvalue weighted by atomic mass is 9.92. The standard InChI is InChI=1S/C13H13Cl2FN2O3/c14-8-5-9(15)10(16)4-7(8)11(19)18-3-1-2-13(21,6-18)12(17)20/h4-5,21H,1-3,6H2,(H2,17,20)/t13-/m0/s1. The van der Waals surface area contributed by atoms with Crippen molar-refractivity contribution >= 4 is 35.0 Å². The van der Waals surface area contributed by atoms with Crippen LogP contribution in [0.4, 0.5) is 4.39 Å². The predicted molar refractivity (Wildman–Crippen MR) is 75.7 cm³/mol. The number of halogens is 3. The molecule has 1 atom stereocenters. The van der Waals surface area contributed by atoms with E-state index in [0.717, 1.165) is 12.1 Å². The molecule has 0 saturated carbocycles. The number of benzene rings is 1. The van der Waals surface area contributed by atoms with Gasteiger partial charge in [0.2, 0.25) is 0 Å². The summed E-state index contributed by atoms with van der Waals surface area (Å²) in [4.78, 5) is 24.9. The SMILES string of the molecule is NC(=O)[C@]1(O)CCCN(C(=O)c2cc(F)c(Cl)cc2Cl)C1. The van der Waals surface area contributed by atoms with Crippen molar-refractivity contribution in [1.29, 1.82) is 0 Å². The van der Waals surface area contributed by atoms with E-state index < -0.39 is 23.2 Å². The minimum atomic E-state index is -1.77. The van der Waals surface area contributed by atoms with E-state index in [0.29, 0.717) is 13.0 Å². The topological polar surface area (TPSA) is 83.6 Å². The minimum absolute atomic E-state index is 0.000381. The molecule has 1 aliphatic heterocycles. The lowest BCUT2D eigenvalue weighted by Gasteiger charge is -2.37. The van der Waals surface area contributed by atoms with Crippen molar-refractivity contribution in [1.82, 2.24) is 4.90 Å². The first-order valence-electron chi connectivity index (χ1n) is 6.21. The van der Waals surface area contributed by atoms with Crippen LogP contribution in [0.25, 0.3) is 0 Å². The van der Waals surface area contributed by atoms with E-state index in [9.17, 15) is 19.1 Å². The molecule has 0 aliphatic carbocycles. The van der Waals surface area contributed by atoms with Crippen LogP contribution in [-0.2, 0) is 4.79 Å². The quantitative estimate of drug-likeness (QED) is 0.805. The van der Waals surface area contributed by atoms with Gasteiger partial charge < -0.3 is 15.7 Å². The Labute approximate surface area is 130 Å². The summed E-state index contributed by atoms with van der Waals surface area (Å²) in [5.74, 6) is -2.25. The zero-order valence-corrected chi connectivity index (χ0v) is 12.4. The van der Waals surface area contributed by atoms with Crippen LogP contribution in [0, 0.1) is 5.82 Å². The summed E-state index contributed by atoms with van der Waals surface area (Å²) in [7, 11) is 0. The number of carbonyl (C=O) groups excluding carboxylic acids is 2. The molecule has 1 aromatic carbocycles. The van der Waals surface area contributed by atoms with Gasteiger partial charge in [-0.25, -0.2) is 4.39 Å². The minimum Gasteiger partial charge on any atom is -0.378 e. The van der Waals surface area contributed by atoms with Crippen LogP contribution >= 0.6 is 23.2 Å². The maximum Gasteiger partial charge on any atom is 0.255 e. The summed E-state index contributed by atoms with van der Waals surface area (Å²) in [6, 6.07) is 2.07. The molecule has 114 valence electrons. The van der Waals surface area contributed by atoms with Crippen molar-refractivity contribution in [2.45, 2.75) is 18.4 Å². The van der Waals surface area contributed by atoms with Gasteiger partial charge in [-0.1, -0.05) is 23.2 Å². The number of aliphatic hydroxyl groups is 1. The number of piperidine rings is 1. The predicted octanol–water partition coefficient (Wildman–Crippen LogP) is 1.58. The van der Waals surface area contributed by atoms with Crippen LogP contribution < -0.4 is 5.73 Å². The van der Waals surface area contributed by atoms with Crippen molar-refractivity contribution in [2.24, 2.45) is 5.73 Å². The van der Waals surface area contributed by atoms with Crippen molar-refractivity contribution in [3.05, 3.63) is 33.6 Å². The number of likely N-dealkylation sites (tertiary alicyclic amines) is 1. The molecule has 2 amide bonds. The summed E-state index contributed by atoms with van der Waals surface area (Å²) in [5.41, 5.74) is 3.30. The van der Waals surface area contributed by atoms with E-state index >= 15 is 0 Å². The maximum absolute atomic E-state index is 13.5. The molecule has 2 rings (SSSR count). The van der Waals surface area contributed by atoms with Crippen LogP contribution in [0.15, 0.2) is 12.1 Å².